The lowest BCUT2D eigenvalue weighted by Crippen LogP contribution is -2.49. The Labute approximate surface area is 158 Å². The molecule has 2 aromatic rings. The zero-order valence-electron chi connectivity index (χ0n) is 14.7. The van der Waals surface area contributed by atoms with E-state index in [0.717, 1.165) is 18.1 Å². The highest BCUT2D eigenvalue weighted by Crippen LogP contribution is 2.33. The van der Waals surface area contributed by atoms with E-state index in [1.165, 1.54) is 5.56 Å². The van der Waals surface area contributed by atoms with Gasteiger partial charge in [-0.05, 0) is 42.8 Å². The average Bonchev–Trinajstić information content (AvgIpc) is 3.15. The number of nitrogens with zero attached hydrogens (tertiary/aromatic N) is 2. The van der Waals surface area contributed by atoms with Gasteiger partial charge >= 0.3 is 0 Å². The van der Waals surface area contributed by atoms with Crippen molar-refractivity contribution in [1.82, 2.24) is 9.80 Å². The Morgan fingerprint density at radius 3 is 2.42 bits per heavy atom. The minimum absolute atomic E-state index is 0.0436. The van der Waals surface area contributed by atoms with Crippen LogP contribution in [0.5, 0.6) is 11.5 Å². The van der Waals surface area contributed by atoms with Crippen molar-refractivity contribution in [3.63, 3.8) is 0 Å². The van der Waals surface area contributed by atoms with E-state index in [1.54, 1.807) is 18.2 Å². The maximum Gasteiger partial charge on any atom is 0.254 e. The molecule has 1 atom stereocenters. The molecule has 1 unspecified atom stereocenters. The van der Waals surface area contributed by atoms with E-state index in [-0.39, 0.29) is 12.7 Å². The predicted octanol–water partition coefficient (Wildman–Crippen LogP) is 3.59. The maximum absolute atomic E-state index is 12.8. The van der Waals surface area contributed by atoms with Crippen LogP contribution in [0.2, 0.25) is 5.02 Å². The van der Waals surface area contributed by atoms with Crippen LogP contribution in [0, 0.1) is 0 Å². The molecule has 0 spiro atoms. The molecule has 4 rings (SSSR count). The normalized spacial score (nSPS) is 18.0. The first-order chi connectivity index (χ1) is 12.6. The number of piperazine rings is 1. The number of ether oxygens (including phenoxy) is 2. The highest BCUT2D eigenvalue weighted by atomic mass is 35.5. The number of halogens is 1. The molecule has 2 heterocycles. The van der Waals surface area contributed by atoms with E-state index >= 15 is 0 Å². The van der Waals surface area contributed by atoms with Crippen molar-refractivity contribution in [2.45, 2.75) is 13.0 Å². The Bertz CT molecular complexity index is 801. The molecule has 136 valence electrons. The van der Waals surface area contributed by atoms with Crippen molar-refractivity contribution in [2.24, 2.45) is 0 Å². The molecular weight excluding hydrogens is 352 g/mol. The molecule has 0 aliphatic carbocycles. The van der Waals surface area contributed by atoms with Gasteiger partial charge in [0.2, 0.25) is 6.79 Å². The van der Waals surface area contributed by atoms with E-state index in [2.05, 4.69) is 24.0 Å². The fourth-order valence-corrected chi connectivity index (χ4v) is 3.60. The van der Waals surface area contributed by atoms with Crippen molar-refractivity contribution in [3.05, 3.63) is 58.6 Å². The quantitative estimate of drug-likeness (QED) is 0.825. The zero-order chi connectivity index (χ0) is 18.1. The smallest absolute Gasteiger partial charge is 0.254 e. The van der Waals surface area contributed by atoms with Crippen LogP contribution in [0.25, 0.3) is 0 Å². The predicted molar refractivity (Wildman–Crippen MR) is 99.9 cm³/mol. The molecule has 1 fully saturated rings. The van der Waals surface area contributed by atoms with Crippen molar-refractivity contribution >= 4 is 17.5 Å². The first-order valence-corrected chi connectivity index (χ1v) is 9.18. The van der Waals surface area contributed by atoms with E-state index in [4.69, 9.17) is 21.1 Å². The number of carbonyl (C=O) groups excluding carboxylic acids is 1. The van der Waals surface area contributed by atoms with Gasteiger partial charge in [-0.2, -0.15) is 0 Å². The summed E-state index contributed by atoms with van der Waals surface area (Å²) in [6.45, 7) is 5.53. The second-order valence-electron chi connectivity index (χ2n) is 6.62. The lowest BCUT2D eigenvalue weighted by Gasteiger charge is -2.38. The van der Waals surface area contributed by atoms with Crippen molar-refractivity contribution in [2.75, 3.05) is 33.0 Å². The number of hydrogen-bond donors (Lipinski definition) is 0. The SMILES string of the molecule is CC(c1ccc(Cl)cc1)N1CCN(C(=O)c2ccc3c(c2)OCO3)CC1. The van der Waals surface area contributed by atoms with Gasteiger partial charge in [0.25, 0.3) is 5.91 Å². The lowest BCUT2D eigenvalue weighted by molar-refractivity contribution is 0.0582. The summed E-state index contributed by atoms with van der Waals surface area (Å²) in [7, 11) is 0. The molecule has 5 nitrogen and oxygen atoms in total. The van der Waals surface area contributed by atoms with Gasteiger partial charge in [-0.25, -0.2) is 0 Å². The Morgan fingerprint density at radius 1 is 1.00 bits per heavy atom. The van der Waals surface area contributed by atoms with Gasteiger partial charge in [-0.1, -0.05) is 23.7 Å². The molecule has 0 radical (unpaired) electrons. The molecular formula is C20H21ClN2O3. The minimum Gasteiger partial charge on any atom is -0.454 e. The van der Waals surface area contributed by atoms with Crippen LogP contribution in [0.4, 0.5) is 0 Å². The zero-order valence-corrected chi connectivity index (χ0v) is 15.4. The molecule has 0 saturated carbocycles. The summed E-state index contributed by atoms with van der Waals surface area (Å²) >= 11 is 5.98. The van der Waals surface area contributed by atoms with E-state index < -0.39 is 0 Å². The molecule has 1 saturated heterocycles. The fraction of sp³-hybridized carbons (Fsp3) is 0.350. The Kier molecular flexibility index (Phi) is 4.74. The molecule has 6 heteroatoms. The molecule has 0 aromatic heterocycles. The number of amides is 1. The van der Waals surface area contributed by atoms with E-state index in [1.807, 2.05) is 17.0 Å². The monoisotopic (exact) mass is 372 g/mol. The van der Waals surface area contributed by atoms with Crippen LogP contribution >= 0.6 is 11.6 Å². The van der Waals surface area contributed by atoms with Gasteiger partial charge in [0, 0.05) is 42.8 Å². The van der Waals surface area contributed by atoms with E-state index in [0.29, 0.717) is 36.2 Å². The topological polar surface area (TPSA) is 42.0 Å². The number of benzene rings is 2. The van der Waals surface area contributed by atoms with Crippen molar-refractivity contribution in [1.29, 1.82) is 0 Å². The number of rotatable bonds is 3. The van der Waals surface area contributed by atoms with Crippen LogP contribution in [0.1, 0.15) is 28.9 Å². The largest absolute Gasteiger partial charge is 0.454 e. The Morgan fingerprint density at radius 2 is 1.69 bits per heavy atom. The van der Waals surface area contributed by atoms with Gasteiger partial charge in [-0.15, -0.1) is 0 Å². The summed E-state index contributed by atoms with van der Waals surface area (Å²) in [5.74, 6) is 1.39. The third-order valence-electron chi connectivity index (χ3n) is 5.12. The fourth-order valence-electron chi connectivity index (χ4n) is 3.48. The summed E-state index contributed by atoms with van der Waals surface area (Å²) in [6.07, 6.45) is 0. The van der Waals surface area contributed by atoms with Gasteiger partial charge in [0.05, 0.1) is 0 Å². The van der Waals surface area contributed by atoms with Gasteiger partial charge < -0.3 is 14.4 Å². The molecule has 2 aromatic carbocycles. The van der Waals surface area contributed by atoms with Crippen LogP contribution in [0.3, 0.4) is 0 Å². The summed E-state index contributed by atoms with van der Waals surface area (Å²) in [4.78, 5) is 17.1. The summed E-state index contributed by atoms with van der Waals surface area (Å²) in [6, 6.07) is 13.7. The molecule has 2 aliphatic rings. The highest BCUT2D eigenvalue weighted by Gasteiger charge is 2.26. The lowest BCUT2D eigenvalue weighted by atomic mass is 10.1. The molecule has 26 heavy (non-hydrogen) atoms. The third kappa shape index (κ3) is 3.37. The highest BCUT2D eigenvalue weighted by molar-refractivity contribution is 6.30. The maximum atomic E-state index is 12.8. The van der Waals surface area contributed by atoms with Crippen molar-refractivity contribution in [3.8, 4) is 11.5 Å². The second-order valence-corrected chi connectivity index (χ2v) is 7.06. The summed E-state index contributed by atoms with van der Waals surface area (Å²) in [5.41, 5.74) is 1.89. The molecule has 2 aliphatic heterocycles. The summed E-state index contributed by atoms with van der Waals surface area (Å²) < 4.78 is 10.7. The standard InChI is InChI=1S/C20H21ClN2O3/c1-14(15-2-5-17(21)6-3-15)22-8-10-23(11-9-22)20(24)16-4-7-18-19(12-16)26-13-25-18/h2-7,12,14H,8-11,13H2,1H3. The average molecular weight is 373 g/mol. The van der Waals surface area contributed by atoms with Crippen molar-refractivity contribution < 1.29 is 14.3 Å². The number of carbonyl (C=O) groups is 1. The van der Waals surface area contributed by atoms with Crippen LogP contribution in [0.15, 0.2) is 42.5 Å². The Balaban J connectivity index is 1.38. The van der Waals surface area contributed by atoms with Crippen LogP contribution in [-0.4, -0.2) is 48.7 Å². The Hall–Kier alpha value is -2.24. The van der Waals surface area contributed by atoms with Crippen LogP contribution < -0.4 is 9.47 Å². The molecule has 0 N–H and O–H groups in total. The molecule has 1 amide bonds. The number of hydrogen-bond acceptors (Lipinski definition) is 4. The van der Waals surface area contributed by atoms with Gasteiger partial charge in [-0.3, -0.25) is 9.69 Å². The van der Waals surface area contributed by atoms with Gasteiger partial charge in [0.1, 0.15) is 0 Å². The minimum atomic E-state index is 0.0436. The molecule has 0 bridgehead atoms. The van der Waals surface area contributed by atoms with Crippen LogP contribution in [-0.2, 0) is 0 Å². The summed E-state index contributed by atoms with van der Waals surface area (Å²) in [5, 5.41) is 0.750. The third-order valence-corrected chi connectivity index (χ3v) is 5.37. The first kappa shape index (κ1) is 17.2. The van der Waals surface area contributed by atoms with E-state index in [9.17, 15) is 4.79 Å². The second kappa shape index (κ2) is 7.17. The van der Waals surface area contributed by atoms with Gasteiger partial charge in [0.15, 0.2) is 11.5 Å². The number of fused-ring (bicyclic) bond motifs is 1. The first-order valence-electron chi connectivity index (χ1n) is 8.80.